The number of anilines is 1. The van der Waals surface area contributed by atoms with Crippen molar-refractivity contribution in [1.29, 1.82) is 0 Å². The molecule has 0 bridgehead atoms. The van der Waals surface area contributed by atoms with E-state index in [1.807, 2.05) is 7.05 Å². The number of morpholine rings is 2. The molecule has 2 fully saturated rings. The Kier molecular flexibility index (Phi) is 9.94. The van der Waals surface area contributed by atoms with E-state index in [0.29, 0.717) is 0 Å². The van der Waals surface area contributed by atoms with E-state index in [1.165, 1.54) is 11.3 Å². The van der Waals surface area contributed by atoms with Gasteiger partial charge in [-0.15, -0.1) is 24.0 Å². The van der Waals surface area contributed by atoms with Crippen molar-refractivity contribution in [3.63, 3.8) is 0 Å². The SMILES string of the molecule is CN=C(NCc1ccc(N2CCOCC2)cc1)NCC(C)(C)N1CCOCC1.I. The third-order valence-electron chi connectivity index (χ3n) is 5.55. The molecule has 164 valence electrons. The van der Waals surface area contributed by atoms with Crippen LogP contribution in [0.25, 0.3) is 0 Å². The normalized spacial score (nSPS) is 18.9. The van der Waals surface area contributed by atoms with Crippen molar-refractivity contribution in [2.75, 3.05) is 71.1 Å². The molecular formula is C21H36IN5O2. The fourth-order valence-electron chi connectivity index (χ4n) is 3.63. The fraction of sp³-hybridized carbons (Fsp3) is 0.667. The van der Waals surface area contributed by atoms with E-state index in [1.54, 1.807) is 0 Å². The van der Waals surface area contributed by atoms with Gasteiger partial charge in [0.2, 0.25) is 0 Å². The lowest BCUT2D eigenvalue weighted by atomic mass is 10.0. The van der Waals surface area contributed by atoms with Crippen LogP contribution in [0.5, 0.6) is 0 Å². The molecule has 0 saturated carbocycles. The number of ether oxygens (including phenoxy) is 2. The molecule has 0 spiro atoms. The average Bonchev–Trinajstić information content (AvgIpc) is 2.75. The van der Waals surface area contributed by atoms with Crippen molar-refractivity contribution >= 4 is 35.6 Å². The predicted octanol–water partition coefficient (Wildman–Crippen LogP) is 1.92. The number of nitrogens with zero attached hydrogens (tertiary/aromatic N) is 3. The molecule has 0 unspecified atom stereocenters. The number of halogens is 1. The molecule has 0 atom stereocenters. The Bertz CT molecular complexity index is 626. The molecule has 29 heavy (non-hydrogen) atoms. The van der Waals surface area contributed by atoms with E-state index >= 15 is 0 Å². The van der Waals surface area contributed by atoms with Crippen LogP contribution in [0.2, 0.25) is 0 Å². The molecule has 2 N–H and O–H groups in total. The van der Waals surface area contributed by atoms with Crippen molar-refractivity contribution in [2.24, 2.45) is 4.99 Å². The molecule has 0 radical (unpaired) electrons. The summed E-state index contributed by atoms with van der Waals surface area (Å²) in [5, 5.41) is 6.90. The Labute approximate surface area is 192 Å². The quantitative estimate of drug-likeness (QED) is 0.342. The lowest BCUT2D eigenvalue weighted by Crippen LogP contribution is -2.56. The van der Waals surface area contributed by atoms with Crippen LogP contribution in [-0.4, -0.2) is 82.6 Å². The number of benzene rings is 1. The van der Waals surface area contributed by atoms with E-state index in [-0.39, 0.29) is 29.5 Å². The van der Waals surface area contributed by atoms with Gasteiger partial charge in [0, 0.05) is 57.5 Å². The molecule has 1 aromatic rings. The van der Waals surface area contributed by atoms with Gasteiger partial charge in [-0.05, 0) is 31.5 Å². The van der Waals surface area contributed by atoms with E-state index < -0.39 is 0 Å². The van der Waals surface area contributed by atoms with E-state index in [2.05, 4.69) is 63.5 Å². The first-order valence-corrected chi connectivity index (χ1v) is 10.3. The number of guanidine groups is 1. The van der Waals surface area contributed by atoms with Gasteiger partial charge in [-0.2, -0.15) is 0 Å². The maximum atomic E-state index is 5.47. The minimum absolute atomic E-state index is 0. The highest BCUT2D eigenvalue weighted by Crippen LogP contribution is 2.17. The van der Waals surface area contributed by atoms with Crippen LogP contribution in [0.4, 0.5) is 5.69 Å². The number of hydrogen-bond acceptors (Lipinski definition) is 5. The third kappa shape index (κ3) is 7.27. The monoisotopic (exact) mass is 517 g/mol. The Balaban J connectivity index is 0.00000300. The molecule has 7 nitrogen and oxygen atoms in total. The summed E-state index contributed by atoms with van der Waals surface area (Å²) in [6.07, 6.45) is 0. The summed E-state index contributed by atoms with van der Waals surface area (Å²) in [6.45, 7) is 13.3. The van der Waals surface area contributed by atoms with Gasteiger partial charge in [0.05, 0.1) is 26.4 Å². The van der Waals surface area contributed by atoms with Crippen LogP contribution in [0.3, 0.4) is 0 Å². The van der Waals surface area contributed by atoms with Crippen LogP contribution in [-0.2, 0) is 16.0 Å². The van der Waals surface area contributed by atoms with Crippen LogP contribution in [0.1, 0.15) is 19.4 Å². The Morgan fingerprint density at radius 2 is 1.55 bits per heavy atom. The zero-order valence-electron chi connectivity index (χ0n) is 17.9. The van der Waals surface area contributed by atoms with Gasteiger partial charge in [-0.25, -0.2) is 0 Å². The third-order valence-corrected chi connectivity index (χ3v) is 5.55. The van der Waals surface area contributed by atoms with Crippen LogP contribution in [0, 0.1) is 0 Å². The van der Waals surface area contributed by atoms with E-state index in [0.717, 1.165) is 71.7 Å². The highest BCUT2D eigenvalue weighted by atomic mass is 127. The van der Waals surface area contributed by atoms with Gasteiger partial charge in [0.1, 0.15) is 0 Å². The second-order valence-electron chi connectivity index (χ2n) is 7.96. The molecular weight excluding hydrogens is 481 g/mol. The number of rotatable bonds is 6. The van der Waals surface area contributed by atoms with Crippen LogP contribution in [0.15, 0.2) is 29.3 Å². The zero-order valence-corrected chi connectivity index (χ0v) is 20.3. The Morgan fingerprint density at radius 3 is 2.14 bits per heavy atom. The molecule has 2 heterocycles. The van der Waals surface area contributed by atoms with Gasteiger partial charge in [-0.1, -0.05) is 12.1 Å². The maximum Gasteiger partial charge on any atom is 0.191 e. The first kappa shape index (κ1) is 24.2. The lowest BCUT2D eigenvalue weighted by molar-refractivity contribution is -0.00834. The predicted molar refractivity (Wildman–Crippen MR) is 130 cm³/mol. The second-order valence-corrected chi connectivity index (χ2v) is 7.96. The number of hydrogen-bond donors (Lipinski definition) is 2. The highest BCUT2D eigenvalue weighted by Gasteiger charge is 2.28. The molecule has 3 rings (SSSR count). The standard InChI is InChI=1S/C21H35N5O2.HI/c1-21(2,26-10-14-28-15-11-26)17-24-20(22-3)23-16-18-4-6-19(7-5-18)25-8-12-27-13-9-25;/h4-7H,8-17H2,1-3H3,(H2,22,23,24);1H. The Morgan fingerprint density at radius 1 is 0.966 bits per heavy atom. The smallest absolute Gasteiger partial charge is 0.191 e. The Hall–Kier alpha value is -1.10. The summed E-state index contributed by atoms with van der Waals surface area (Å²) < 4.78 is 10.9. The maximum absolute atomic E-state index is 5.47. The number of aliphatic imine (C=N–C) groups is 1. The lowest BCUT2D eigenvalue weighted by Gasteiger charge is -2.41. The molecule has 2 aliphatic rings. The van der Waals surface area contributed by atoms with E-state index in [9.17, 15) is 0 Å². The molecule has 8 heteroatoms. The molecule has 0 aromatic heterocycles. The highest BCUT2D eigenvalue weighted by molar-refractivity contribution is 14.0. The second kappa shape index (κ2) is 11.9. The minimum Gasteiger partial charge on any atom is -0.379 e. The summed E-state index contributed by atoms with van der Waals surface area (Å²) in [7, 11) is 1.82. The molecule has 2 saturated heterocycles. The van der Waals surface area contributed by atoms with Gasteiger partial charge in [0.15, 0.2) is 5.96 Å². The van der Waals surface area contributed by atoms with Gasteiger partial charge in [-0.3, -0.25) is 9.89 Å². The minimum atomic E-state index is 0. The molecule has 1 aromatic carbocycles. The first-order chi connectivity index (χ1) is 13.6. The van der Waals surface area contributed by atoms with Crippen molar-refractivity contribution in [3.8, 4) is 0 Å². The fourth-order valence-corrected chi connectivity index (χ4v) is 3.63. The molecule has 0 amide bonds. The molecule has 0 aliphatic carbocycles. The summed E-state index contributed by atoms with van der Waals surface area (Å²) in [4.78, 5) is 9.21. The largest absolute Gasteiger partial charge is 0.379 e. The first-order valence-electron chi connectivity index (χ1n) is 10.3. The van der Waals surface area contributed by atoms with Gasteiger partial charge < -0.3 is 25.0 Å². The number of nitrogens with one attached hydrogen (secondary N) is 2. The van der Waals surface area contributed by atoms with E-state index in [4.69, 9.17) is 9.47 Å². The van der Waals surface area contributed by atoms with Crippen molar-refractivity contribution in [2.45, 2.75) is 25.9 Å². The summed E-state index contributed by atoms with van der Waals surface area (Å²) in [6, 6.07) is 8.76. The van der Waals surface area contributed by atoms with Gasteiger partial charge in [0.25, 0.3) is 0 Å². The zero-order chi connectivity index (χ0) is 19.8. The average molecular weight is 517 g/mol. The van der Waals surface area contributed by atoms with Crippen LogP contribution < -0.4 is 15.5 Å². The van der Waals surface area contributed by atoms with Crippen molar-refractivity contribution < 1.29 is 9.47 Å². The topological polar surface area (TPSA) is 61.4 Å². The molecule has 2 aliphatic heterocycles. The summed E-state index contributed by atoms with van der Waals surface area (Å²) in [5.41, 5.74) is 2.57. The van der Waals surface area contributed by atoms with Crippen molar-refractivity contribution in [3.05, 3.63) is 29.8 Å². The summed E-state index contributed by atoms with van der Waals surface area (Å²) in [5.74, 6) is 0.832. The van der Waals surface area contributed by atoms with Gasteiger partial charge >= 0.3 is 0 Å². The van der Waals surface area contributed by atoms with Crippen molar-refractivity contribution in [1.82, 2.24) is 15.5 Å². The van der Waals surface area contributed by atoms with Crippen LogP contribution >= 0.6 is 24.0 Å². The summed E-state index contributed by atoms with van der Waals surface area (Å²) >= 11 is 0.